The Morgan fingerprint density at radius 1 is 1.12 bits per heavy atom. The molecule has 1 aliphatic heterocycles. The largest absolute Gasteiger partial charge is 0.489 e. The van der Waals surface area contributed by atoms with E-state index in [9.17, 15) is 4.79 Å². The van der Waals surface area contributed by atoms with Crippen LogP contribution >= 0.6 is 11.6 Å². The lowest BCUT2D eigenvalue weighted by Crippen LogP contribution is -2.74. The lowest BCUT2D eigenvalue weighted by atomic mass is 9.49. The molecule has 33 heavy (non-hydrogen) atoms. The molecule has 1 amide bonds. The number of benzene rings is 2. The van der Waals surface area contributed by atoms with Crippen molar-refractivity contribution in [1.29, 1.82) is 0 Å². The molecular formula is C27H32ClN3O2. The molecule has 1 N–H and O–H groups in total. The topological polar surface area (TPSA) is 45.9 Å². The van der Waals surface area contributed by atoms with E-state index in [1.165, 1.54) is 11.1 Å². The van der Waals surface area contributed by atoms with Gasteiger partial charge >= 0.3 is 0 Å². The fraction of sp³-hybridized carbons (Fsp3) is 0.481. The van der Waals surface area contributed by atoms with Crippen LogP contribution in [0, 0.1) is 17.4 Å². The molecular weight excluding hydrogens is 434 g/mol. The lowest BCUT2D eigenvalue weighted by molar-refractivity contribution is -0.164. The van der Waals surface area contributed by atoms with Crippen molar-refractivity contribution in [2.75, 3.05) is 0 Å². The van der Waals surface area contributed by atoms with Gasteiger partial charge in [0.2, 0.25) is 5.69 Å². The number of fused-ring (bicyclic) bond motifs is 1. The molecule has 5 nitrogen and oxygen atoms in total. The molecule has 1 saturated carbocycles. The van der Waals surface area contributed by atoms with Crippen LogP contribution in [0.15, 0.2) is 36.4 Å². The summed E-state index contributed by atoms with van der Waals surface area (Å²) in [6.45, 7) is 21.9. The Hall–Kier alpha value is -2.55. The van der Waals surface area contributed by atoms with Crippen molar-refractivity contribution in [1.82, 2.24) is 10.2 Å². The predicted molar refractivity (Wildman–Crippen MR) is 132 cm³/mol. The van der Waals surface area contributed by atoms with Gasteiger partial charge in [-0.3, -0.25) is 9.69 Å². The number of ether oxygens (including phenoxy) is 1. The molecule has 1 fully saturated rings. The number of hydrogen-bond donors (Lipinski definition) is 1. The van der Waals surface area contributed by atoms with Crippen molar-refractivity contribution >= 4 is 23.2 Å². The second-order valence-electron chi connectivity index (χ2n) is 10.8. The van der Waals surface area contributed by atoms with E-state index in [1.54, 1.807) is 18.2 Å². The van der Waals surface area contributed by atoms with Gasteiger partial charge in [0.25, 0.3) is 5.91 Å². The van der Waals surface area contributed by atoms with Gasteiger partial charge in [0.15, 0.2) is 0 Å². The number of carbonyl (C=O) groups is 1. The maximum atomic E-state index is 13.2. The quantitative estimate of drug-likeness (QED) is 0.532. The predicted octanol–water partition coefficient (Wildman–Crippen LogP) is 6.23. The van der Waals surface area contributed by atoms with Crippen LogP contribution in [0.5, 0.6) is 5.75 Å². The van der Waals surface area contributed by atoms with Crippen molar-refractivity contribution < 1.29 is 9.53 Å². The van der Waals surface area contributed by atoms with E-state index in [4.69, 9.17) is 22.9 Å². The van der Waals surface area contributed by atoms with Gasteiger partial charge in [0.05, 0.1) is 11.6 Å². The molecule has 1 aliphatic carbocycles. The molecule has 6 heteroatoms. The first-order valence-electron chi connectivity index (χ1n) is 11.5. The highest BCUT2D eigenvalue weighted by molar-refractivity contribution is 6.33. The third-order valence-corrected chi connectivity index (χ3v) is 7.66. The number of halogens is 1. The van der Waals surface area contributed by atoms with Gasteiger partial charge in [0, 0.05) is 41.6 Å². The smallest absolute Gasteiger partial charge is 0.251 e. The van der Waals surface area contributed by atoms with E-state index in [1.807, 2.05) is 12.1 Å². The molecule has 0 atom stereocenters. The van der Waals surface area contributed by atoms with Crippen LogP contribution in [-0.2, 0) is 13.1 Å². The molecule has 0 bridgehead atoms. The molecule has 2 aliphatic rings. The average Bonchev–Trinajstić information content (AvgIpc) is 3.19. The first-order chi connectivity index (χ1) is 15.4. The van der Waals surface area contributed by atoms with E-state index in [0.717, 1.165) is 13.1 Å². The van der Waals surface area contributed by atoms with E-state index >= 15 is 0 Å². The maximum Gasteiger partial charge on any atom is 0.251 e. The Kier molecular flexibility index (Phi) is 5.97. The van der Waals surface area contributed by atoms with Crippen molar-refractivity contribution in [2.45, 2.75) is 72.8 Å². The van der Waals surface area contributed by atoms with Crippen LogP contribution in [0.2, 0.25) is 5.02 Å². The standard InChI is InChI=1S/C27H32ClN3O2/c1-16(2)31-14-18-9-8-17(12-19(18)15-31)23(32)30-24-26(3,4)25(27(24,5)6)33-20-10-11-22(29-7)21(28)13-20/h8-13,16,24-25H,14-15H2,1-6H3,(H,30,32). The van der Waals surface area contributed by atoms with Gasteiger partial charge < -0.3 is 10.1 Å². The molecule has 1 heterocycles. The molecule has 0 unspecified atom stereocenters. The molecule has 4 rings (SSSR count). The van der Waals surface area contributed by atoms with Crippen LogP contribution < -0.4 is 10.1 Å². The zero-order chi connectivity index (χ0) is 24.1. The van der Waals surface area contributed by atoms with Crippen molar-refractivity contribution in [3.8, 4) is 5.75 Å². The summed E-state index contributed by atoms with van der Waals surface area (Å²) in [5.74, 6) is 0.589. The highest BCUT2D eigenvalue weighted by Gasteiger charge is 2.64. The van der Waals surface area contributed by atoms with Crippen LogP contribution in [0.1, 0.15) is 63.0 Å². The number of nitrogens with one attached hydrogen (secondary N) is 1. The summed E-state index contributed by atoms with van der Waals surface area (Å²) in [4.78, 5) is 19.0. The number of carbonyl (C=O) groups excluding carboxylic acids is 1. The fourth-order valence-electron chi connectivity index (χ4n) is 5.73. The molecule has 0 aromatic heterocycles. The van der Waals surface area contributed by atoms with Crippen LogP contribution in [0.4, 0.5) is 5.69 Å². The first-order valence-corrected chi connectivity index (χ1v) is 11.8. The summed E-state index contributed by atoms with van der Waals surface area (Å²) in [5.41, 5.74) is 3.10. The van der Waals surface area contributed by atoms with E-state index < -0.39 is 0 Å². The Labute approximate surface area is 201 Å². The number of amides is 1. The van der Waals surface area contributed by atoms with Crippen LogP contribution in [-0.4, -0.2) is 29.0 Å². The van der Waals surface area contributed by atoms with Gasteiger partial charge in [-0.25, -0.2) is 4.85 Å². The van der Waals surface area contributed by atoms with Crippen molar-refractivity contribution in [3.63, 3.8) is 0 Å². The summed E-state index contributed by atoms with van der Waals surface area (Å²) >= 11 is 6.19. The van der Waals surface area contributed by atoms with Gasteiger partial charge in [-0.15, -0.1) is 0 Å². The highest BCUT2D eigenvalue weighted by Crippen LogP contribution is 2.55. The maximum absolute atomic E-state index is 13.2. The zero-order valence-corrected chi connectivity index (χ0v) is 21.0. The normalized spacial score (nSPS) is 22.9. The van der Waals surface area contributed by atoms with Crippen LogP contribution in [0.3, 0.4) is 0 Å². The summed E-state index contributed by atoms with van der Waals surface area (Å²) in [7, 11) is 0. The third kappa shape index (κ3) is 4.11. The van der Waals surface area contributed by atoms with E-state index in [0.29, 0.717) is 28.1 Å². The second kappa shape index (κ2) is 8.34. The van der Waals surface area contributed by atoms with E-state index in [2.05, 4.69) is 62.7 Å². The minimum absolute atomic E-state index is 0.0464. The van der Waals surface area contributed by atoms with Crippen LogP contribution in [0.25, 0.3) is 4.85 Å². The van der Waals surface area contributed by atoms with Gasteiger partial charge in [-0.05, 0) is 49.2 Å². The molecule has 0 radical (unpaired) electrons. The number of hydrogen-bond acceptors (Lipinski definition) is 3. The Morgan fingerprint density at radius 3 is 2.39 bits per heavy atom. The molecule has 174 valence electrons. The third-order valence-electron chi connectivity index (χ3n) is 7.35. The molecule has 2 aromatic carbocycles. The van der Waals surface area contributed by atoms with Crippen molar-refractivity contribution in [3.05, 3.63) is 69.5 Å². The average molecular weight is 466 g/mol. The number of nitrogens with zero attached hydrogens (tertiary/aromatic N) is 2. The highest BCUT2D eigenvalue weighted by atomic mass is 35.5. The summed E-state index contributed by atoms with van der Waals surface area (Å²) in [6.07, 6.45) is -0.121. The summed E-state index contributed by atoms with van der Waals surface area (Å²) in [5, 5.41) is 3.67. The van der Waals surface area contributed by atoms with Crippen molar-refractivity contribution in [2.24, 2.45) is 10.8 Å². The molecule has 0 saturated heterocycles. The first kappa shape index (κ1) is 23.6. The van der Waals surface area contributed by atoms with E-state index in [-0.39, 0.29) is 28.9 Å². The fourth-order valence-corrected chi connectivity index (χ4v) is 5.94. The number of rotatable bonds is 5. The Bertz CT molecular complexity index is 1120. The van der Waals surface area contributed by atoms with Gasteiger partial charge in [0.1, 0.15) is 11.9 Å². The summed E-state index contributed by atoms with van der Waals surface area (Å²) in [6, 6.07) is 11.6. The molecule has 0 spiro atoms. The Balaban J connectivity index is 1.47. The van der Waals surface area contributed by atoms with Gasteiger partial charge in [-0.2, -0.15) is 0 Å². The SMILES string of the molecule is [C-]#[N+]c1ccc(OC2C(C)(C)C(NC(=O)c3ccc4c(c3)CN(C(C)C)C4)C2(C)C)cc1Cl. The van der Waals surface area contributed by atoms with Gasteiger partial charge in [-0.1, -0.05) is 51.4 Å². The zero-order valence-electron chi connectivity index (χ0n) is 20.2. The minimum atomic E-state index is -0.282. The minimum Gasteiger partial charge on any atom is -0.489 e. The summed E-state index contributed by atoms with van der Waals surface area (Å²) < 4.78 is 6.33. The Morgan fingerprint density at radius 2 is 1.79 bits per heavy atom. The second-order valence-corrected chi connectivity index (χ2v) is 11.2. The monoisotopic (exact) mass is 465 g/mol. The lowest BCUT2D eigenvalue weighted by Gasteiger charge is -2.63. The molecule has 2 aromatic rings.